The standard InChI is InChI=1S/C23H26N4O3/c28-22-17-12-19-20(30-15-29-19)13-18(17)23(5-6-23)27(22)11-4-16-2-9-26(10-3-16)14-21-24-7-1-8-25-21/h1,7-8,12-13,16H,2-6,9-11,14-15H2. The van der Waals surface area contributed by atoms with Gasteiger partial charge in [0.2, 0.25) is 6.79 Å². The number of rotatable bonds is 5. The van der Waals surface area contributed by atoms with Crippen LogP contribution in [0.3, 0.4) is 0 Å². The van der Waals surface area contributed by atoms with Crippen molar-refractivity contribution in [1.82, 2.24) is 19.8 Å². The summed E-state index contributed by atoms with van der Waals surface area (Å²) >= 11 is 0. The van der Waals surface area contributed by atoms with E-state index in [0.717, 1.165) is 68.1 Å². The Morgan fingerprint density at radius 2 is 1.80 bits per heavy atom. The van der Waals surface area contributed by atoms with Crippen molar-refractivity contribution in [2.75, 3.05) is 26.4 Å². The molecule has 1 saturated heterocycles. The number of carbonyl (C=O) groups excluding carboxylic acids is 1. The molecular weight excluding hydrogens is 380 g/mol. The van der Waals surface area contributed by atoms with E-state index in [1.54, 1.807) is 12.4 Å². The largest absolute Gasteiger partial charge is 0.454 e. The number of benzene rings is 1. The molecule has 0 radical (unpaired) electrons. The monoisotopic (exact) mass is 406 g/mol. The van der Waals surface area contributed by atoms with Gasteiger partial charge < -0.3 is 14.4 Å². The summed E-state index contributed by atoms with van der Waals surface area (Å²) in [5.41, 5.74) is 1.88. The number of nitrogens with zero attached hydrogens (tertiary/aromatic N) is 4. The zero-order chi connectivity index (χ0) is 20.1. The molecule has 0 atom stereocenters. The van der Waals surface area contributed by atoms with Crippen LogP contribution in [-0.2, 0) is 12.1 Å². The highest BCUT2D eigenvalue weighted by Gasteiger charge is 2.58. The second-order valence-electron chi connectivity index (χ2n) is 8.91. The molecule has 0 N–H and O–H groups in total. The molecule has 2 aromatic rings. The summed E-state index contributed by atoms with van der Waals surface area (Å²) in [4.78, 5) is 26.4. The van der Waals surface area contributed by atoms with Gasteiger partial charge in [0.25, 0.3) is 5.91 Å². The highest BCUT2D eigenvalue weighted by molar-refractivity contribution is 6.01. The summed E-state index contributed by atoms with van der Waals surface area (Å²) in [6.45, 7) is 4.06. The van der Waals surface area contributed by atoms with Crippen molar-refractivity contribution in [3.8, 4) is 11.5 Å². The van der Waals surface area contributed by atoms with Crippen LogP contribution in [-0.4, -0.2) is 52.1 Å². The molecule has 4 aliphatic rings. The van der Waals surface area contributed by atoms with Crippen LogP contribution in [0.1, 0.15) is 53.8 Å². The maximum absolute atomic E-state index is 13.2. The van der Waals surface area contributed by atoms with Gasteiger partial charge in [-0.1, -0.05) is 0 Å². The van der Waals surface area contributed by atoms with Gasteiger partial charge in [-0.2, -0.15) is 0 Å². The predicted molar refractivity (Wildman–Crippen MR) is 109 cm³/mol. The van der Waals surface area contributed by atoms with E-state index >= 15 is 0 Å². The molecule has 1 aliphatic carbocycles. The summed E-state index contributed by atoms with van der Waals surface area (Å²) < 4.78 is 11.1. The minimum Gasteiger partial charge on any atom is -0.454 e. The minimum atomic E-state index is -0.0846. The summed E-state index contributed by atoms with van der Waals surface area (Å²) in [7, 11) is 0. The third-order valence-electron chi connectivity index (χ3n) is 7.18. The third-order valence-corrected chi connectivity index (χ3v) is 7.18. The lowest BCUT2D eigenvalue weighted by atomic mass is 9.93. The van der Waals surface area contributed by atoms with Crippen molar-refractivity contribution in [1.29, 1.82) is 0 Å². The Kier molecular flexibility index (Phi) is 4.19. The summed E-state index contributed by atoms with van der Waals surface area (Å²) in [5.74, 6) is 3.22. The summed E-state index contributed by atoms with van der Waals surface area (Å²) in [6.07, 6.45) is 9.14. The lowest BCUT2D eigenvalue weighted by Gasteiger charge is -2.33. The number of piperidine rings is 1. The van der Waals surface area contributed by atoms with Crippen molar-refractivity contribution in [2.45, 2.75) is 44.2 Å². The van der Waals surface area contributed by atoms with Crippen LogP contribution in [0.2, 0.25) is 0 Å². The van der Waals surface area contributed by atoms with Gasteiger partial charge in [-0.3, -0.25) is 9.69 Å². The molecule has 4 heterocycles. The number of ether oxygens (including phenoxy) is 2. The van der Waals surface area contributed by atoms with Crippen LogP contribution in [0.25, 0.3) is 0 Å². The fourth-order valence-corrected chi connectivity index (χ4v) is 5.32. The molecule has 2 fully saturated rings. The molecule has 1 aromatic heterocycles. The van der Waals surface area contributed by atoms with Gasteiger partial charge in [-0.15, -0.1) is 0 Å². The molecule has 3 aliphatic heterocycles. The Bertz CT molecular complexity index is 968. The van der Waals surface area contributed by atoms with Crippen LogP contribution < -0.4 is 9.47 Å². The van der Waals surface area contributed by atoms with E-state index in [-0.39, 0.29) is 18.2 Å². The fraction of sp³-hybridized carbons (Fsp3) is 0.522. The van der Waals surface area contributed by atoms with Gasteiger partial charge in [0.1, 0.15) is 5.82 Å². The molecule has 0 unspecified atom stereocenters. The Hall–Kier alpha value is -2.67. The number of carbonyl (C=O) groups is 1. The van der Waals surface area contributed by atoms with E-state index < -0.39 is 0 Å². The Morgan fingerprint density at radius 3 is 2.53 bits per heavy atom. The van der Waals surface area contributed by atoms with E-state index in [1.807, 2.05) is 18.2 Å². The summed E-state index contributed by atoms with van der Waals surface area (Å²) in [6, 6.07) is 5.80. The average molecular weight is 406 g/mol. The highest BCUT2D eigenvalue weighted by atomic mass is 16.7. The minimum absolute atomic E-state index is 0.0846. The maximum atomic E-state index is 13.2. The molecular formula is C23H26N4O3. The molecule has 0 bridgehead atoms. The number of hydrogen-bond donors (Lipinski definition) is 0. The first-order valence-corrected chi connectivity index (χ1v) is 11.0. The molecule has 1 aromatic carbocycles. The molecule has 1 saturated carbocycles. The van der Waals surface area contributed by atoms with Crippen molar-refractivity contribution in [3.05, 3.63) is 47.5 Å². The van der Waals surface area contributed by atoms with Gasteiger partial charge in [-0.25, -0.2) is 9.97 Å². The van der Waals surface area contributed by atoms with Crippen LogP contribution >= 0.6 is 0 Å². The van der Waals surface area contributed by atoms with Gasteiger partial charge >= 0.3 is 0 Å². The molecule has 1 spiro atoms. The number of fused-ring (bicyclic) bond motifs is 3. The second-order valence-corrected chi connectivity index (χ2v) is 8.91. The lowest BCUT2D eigenvalue weighted by molar-refractivity contribution is 0.0671. The average Bonchev–Trinajstić information content (AvgIpc) is 3.38. The summed E-state index contributed by atoms with van der Waals surface area (Å²) in [5, 5.41) is 0. The van der Waals surface area contributed by atoms with Gasteiger partial charge in [0.05, 0.1) is 12.1 Å². The van der Waals surface area contributed by atoms with Gasteiger partial charge in [-0.05, 0) is 74.9 Å². The first kappa shape index (κ1) is 18.1. The van der Waals surface area contributed by atoms with E-state index in [1.165, 1.54) is 12.8 Å². The second kappa shape index (κ2) is 6.94. The maximum Gasteiger partial charge on any atom is 0.255 e. The van der Waals surface area contributed by atoms with Crippen LogP contribution in [0.4, 0.5) is 0 Å². The quantitative estimate of drug-likeness (QED) is 0.761. The van der Waals surface area contributed by atoms with E-state index in [4.69, 9.17) is 9.47 Å². The number of amides is 1. The van der Waals surface area contributed by atoms with Crippen LogP contribution in [0.15, 0.2) is 30.6 Å². The number of aromatic nitrogens is 2. The molecule has 1 amide bonds. The topological polar surface area (TPSA) is 67.8 Å². The van der Waals surface area contributed by atoms with Crippen LogP contribution in [0, 0.1) is 5.92 Å². The first-order valence-electron chi connectivity index (χ1n) is 11.0. The first-order chi connectivity index (χ1) is 14.7. The van der Waals surface area contributed by atoms with Gasteiger partial charge in [0.15, 0.2) is 11.5 Å². The normalized spacial score (nSPS) is 22.0. The zero-order valence-electron chi connectivity index (χ0n) is 17.0. The lowest BCUT2D eigenvalue weighted by Crippen LogP contribution is -2.38. The fourth-order valence-electron chi connectivity index (χ4n) is 5.32. The highest BCUT2D eigenvalue weighted by Crippen LogP contribution is 2.58. The third kappa shape index (κ3) is 2.95. The van der Waals surface area contributed by atoms with Crippen molar-refractivity contribution in [2.24, 2.45) is 5.92 Å². The molecule has 7 nitrogen and oxygen atoms in total. The molecule has 156 valence electrons. The van der Waals surface area contributed by atoms with E-state index in [0.29, 0.717) is 11.7 Å². The Balaban J connectivity index is 1.08. The Labute approximate surface area is 176 Å². The van der Waals surface area contributed by atoms with Crippen molar-refractivity contribution < 1.29 is 14.3 Å². The van der Waals surface area contributed by atoms with Crippen molar-refractivity contribution in [3.63, 3.8) is 0 Å². The van der Waals surface area contributed by atoms with Crippen LogP contribution in [0.5, 0.6) is 11.5 Å². The smallest absolute Gasteiger partial charge is 0.255 e. The predicted octanol–water partition coefficient (Wildman–Crippen LogP) is 2.95. The molecule has 6 rings (SSSR count). The van der Waals surface area contributed by atoms with Gasteiger partial charge in [0, 0.05) is 24.5 Å². The zero-order valence-corrected chi connectivity index (χ0v) is 17.0. The van der Waals surface area contributed by atoms with E-state index in [2.05, 4.69) is 19.8 Å². The Morgan fingerprint density at radius 1 is 1.07 bits per heavy atom. The SMILES string of the molecule is O=C1c2cc3c(cc2C2(CC2)N1CCC1CCN(Cc2ncccn2)CC1)OCO3. The van der Waals surface area contributed by atoms with Crippen molar-refractivity contribution >= 4 is 5.91 Å². The molecule has 7 heteroatoms. The number of hydrogen-bond acceptors (Lipinski definition) is 6. The number of likely N-dealkylation sites (tertiary alicyclic amines) is 1. The van der Waals surface area contributed by atoms with E-state index in [9.17, 15) is 4.79 Å². The molecule has 30 heavy (non-hydrogen) atoms.